The van der Waals surface area contributed by atoms with Gasteiger partial charge in [0.15, 0.2) is 5.78 Å². The predicted octanol–water partition coefficient (Wildman–Crippen LogP) is -1.29. The van der Waals surface area contributed by atoms with Gasteiger partial charge in [-0.05, 0) is 6.42 Å². The first-order valence-electron chi connectivity index (χ1n) is 6.15. The van der Waals surface area contributed by atoms with E-state index >= 15 is 0 Å². The van der Waals surface area contributed by atoms with E-state index in [9.17, 15) is 25.2 Å². The van der Waals surface area contributed by atoms with Crippen LogP contribution in [-0.2, 0) is 6.42 Å². The molecule has 1 heterocycles. The number of Topliss-reactive ketones (excluding diaryl/α,β-unsaturated/α-hetero) is 1. The van der Waals surface area contributed by atoms with E-state index in [1.54, 1.807) is 0 Å². The smallest absolute Gasteiger partial charge is 0.171 e. The molecule has 1 rings (SSSR count). The van der Waals surface area contributed by atoms with Crippen LogP contribution >= 0.6 is 11.3 Å². The number of hydrogen-bond acceptors (Lipinski definition) is 8. The number of aliphatic hydroxyl groups is 5. The maximum atomic E-state index is 11.1. The summed E-state index contributed by atoms with van der Waals surface area (Å²) in [6.07, 6.45) is -4.54. The van der Waals surface area contributed by atoms with Crippen molar-refractivity contribution in [1.82, 2.24) is 4.98 Å². The minimum atomic E-state index is -1.57. The van der Waals surface area contributed by atoms with E-state index in [1.807, 2.05) is 0 Å². The minimum absolute atomic E-state index is 0.0397. The van der Waals surface area contributed by atoms with Gasteiger partial charge in [0, 0.05) is 26.1 Å². The molecule has 0 aromatic carbocycles. The van der Waals surface area contributed by atoms with Crippen molar-refractivity contribution < 1.29 is 30.3 Å². The lowest BCUT2D eigenvalue weighted by Gasteiger charge is -2.25. The molecule has 0 saturated heterocycles. The first kappa shape index (κ1) is 17.2. The van der Waals surface area contributed by atoms with E-state index in [0.29, 0.717) is 9.88 Å². The molecular weight excluding hydrogens is 286 g/mol. The van der Waals surface area contributed by atoms with Gasteiger partial charge in [-0.25, -0.2) is 4.98 Å². The number of ketones is 1. The molecule has 0 amide bonds. The molecule has 8 heteroatoms. The van der Waals surface area contributed by atoms with Crippen molar-refractivity contribution in [2.24, 2.45) is 0 Å². The van der Waals surface area contributed by atoms with Crippen molar-refractivity contribution in [3.8, 4) is 0 Å². The molecule has 0 saturated carbocycles. The van der Waals surface area contributed by atoms with Crippen LogP contribution < -0.4 is 0 Å². The molecular formula is C12H19NO6S. The summed E-state index contributed by atoms with van der Waals surface area (Å²) < 4.78 is 0. The number of aromatic nitrogens is 1. The maximum absolute atomic E-state index is 11.1. The third-order valence-corrected chi connectivity index (χ3v) is 3.97. The lowest BCUT2D eigenvalue weighted by molar-refractivity contribution is -0.108. The van der Waals surface area contributed by atoms with Crippen LogP contribution in [0.15, 0.2) is 6.20 Å². The molecule has 20 heavy (non-hydrogen) atoms. The number of carbonyl (C=O) groups is 1. The maximum Gasteiger partial charge on any atom is 0.171 e. The highest BCUT2D eigenvalue weighted by molar-refractivity contribution is 7.13. The molecule has 7 nitrogen and oxygen atoms in total. The van der Waals surface area contributed by atoms with Crippen LogP contribution in [-0.4, -0.2) is 67.3 Å². The third-order valence-electron chi connectivity index (χ3n) is 2.85. The van der Waals surface area contributed by atoms with Gasteiger partial charge in [-0.3, -0.25) is 4.79 Å². The average Bonchev–Trinajstić information content (AvgIpc) is 2.85. The van der Waals surface area contributed by atoms with Crippen molar-refractivity contribution in [3.05, 3.63) is 16.1 Å². The van der Waals surface area contributed by atoms with Crippen LogP contribution in [0.2, 0.25) is 0 Å². The quantitative estimate of drug-likeness (QED) is 0.378. The molecule has 0 radical (unpaired) electrons. The predicted molar refractivity (Wildman–Crippen MR) is 71.6 cm³/mol. The Hall–Kier alpha value is -0.900. The Morgan fingerprint density at radius 1 is 1.25 bits per heavy atom. The van der Waals surface area contributed by atoms with E-state index in [1.165, 1.54) is 13.1 Å². The van der Waals surface area contributed by atoms with E-state index in [4.69, 9.17) is 5.11 Å². The standard InChI is InChI=1S/C12H19NO6S/c1-6(15)9-5-13-10(20-9)4-8(17)12(19)11(18)7(16)2-3-14/h5,7-8,11-12,14,16-19H,2-4H2,1H3/t7-,8-,11?,12?/m1/s1. The number of hydrogen-bond donors (Lipinski definition) is 5. The Bertz CT molecular complexity index is 437. The van der Waals surface area contributed by atoms with E-state index in [-0.39, 0.29) is 25.2 Å². The summed E-state index contributed by atoms with van der Waals surface area (Å²) in [7, 11) is 0. The van der Waals surface area contributed by atoms with Crippen LogP contribution in [0.1, 0.15) is 28.0 Å². The van der Waals surface area contributed by atoms with Crippen LogP contribution in [0, 0.1) is 0 Å². The van der Waals surface area contributed by atoms with Crippen LogP contribution in [0.4, 0.5) is 0 Å². The van der Waals surface area contributed by atoms with Crippen molar-refractivity contribution in [2.75, 3.05) is 6.61 Å². The lowest BCUT2D eigenvalue weighted by atomic mass is 9.99. The van der Waals surface area contributed by atoms with E-state index in [2.05, 4.69) is 4.98 Å². The number of aliphatic hydroxyl groups excluding tert-OH is 5. The average molecular weight is 305 g/mol. The zero-order chi connectivity index (χ0) is 15.3. The molecule has 2 unspecified atom stereocenters. The molecule has 5 N–H and O–H groups in total. The molecule has 0 aliphatic rings. The Morgan fingerprint density at radius 2 is 1.85 bits per heavy atom. The molecule has 1 aromatic heterocycles. The molecule has 0 aliphatic heterocycles. The van der Waals surface area contributed by atoms with Crippen LogP contribution in [0.3, 0.4) is 0 Å². The Morgan fingerprint density at radius 3 is 2.35 bits per heavy atom. The topological polar surface area (TPSA) is 131 Å². The molecule has 0 bridgehead atoms. The summed E-state index contributed by atoms with van der Waals surface area (Å²) in [6, 6.07) is 0. The SMILES string of the molecule is CC(=O)c1cnc(C[C@@H](O)C(O)C(O)[C@H](O)CCO)s1. The Labute approximate surface area is 120 Å². The van der Waals surface area contributed by atoms with Gasteiger partial charge in [-0.15, -0.1) is 11.3 Å². The summed E-state index contributed by atoms with van der Waals surface area (Å²) in [5.74, 6) is -0.137. The monoisotopic (exact) mass is 305 g/mol. The zero-order valence-corrected chi connectivity index (χ0v) is 11.8. The second-order valence-corrected chi connectivity index (χ2v) is 5.62. The number of carbonyl (C=O) groups excluding carboxylic acids is 1. The lowest BCUT2D eigenvalue weighted by Crippen LogP contribution is -2.45. The van der Waals surface area contributed by atoms with Gasteiger partial charge >= 0.3 is 0 Å². The van der Waals surface area contributed by atoms with Gasteiger partial charge < -0.3 is 25.5 Å². The summed E-state index contributed by atoms with van der Waals surface area (Å²) in [5, 5.41) is 47.7. The Balaban J connectivity index is 2.60. The fraction of sp³-hybridized carbons (Fsp3) is 0.667. The normalized spacial score (nSPS) is 17.5. The van der Waals surface area contributed by atoms with Crippen molar-refractivity contribution in [1.29, 1.82) is 0 Å². The van der Waals surface area contributed by atoms with Gasteiger partial charge in [-0.1, -0.05) is 0 Å². The fourth-order valence-electron chi connectivity index (χ4n) is 1.63. The molecule has 0 fully saturated rings. The first-order chi connectivity index (χ1) is 9.36. The molecule has 0 spiro atoms. The van der Waals surface area contributed by atoms with E-state index < -0.39 is 24.4 Å². The molecule has 4 atom stereocenters. The van der Waals surface area contributed by atoms with Gasteiger partial charge in [0.2, 0.25) is 0 Å². The number of nitrogens with zero attached hydrogens (tertiary/aromatic N) is 1. The van der Waals surface area contributed by atoms with Gasteiger partial charge in [0.1, 0.15) is 12.2 Å². The van der Waals surface area contributed by atoms with Crippen LogP contribution in [0.25, 0.3) is 0 Å². The summed E-state index contributed by atoms with van der Waals surface area (Å²) in [4.78, 5) is 15.5. The van der Waals surface area contributed by atoms with Crippen molar-refractivity contribution in [2.45, 2.75) is 44.2 Å². The first-order valence-corrected chi connectivity index (χ1v) is 6.97. The highest BCUT2D eigenvalue weighted by Crippen LogP contribution is 2.17. The highest BCUT2D eigenvalue weighted by Gasteiger charge is 2.30. The molecule has 0 aliphatic carbocycles. The molecule has 1 aromatic rings. The Kier molecular flexibility index (Phi) is 6.66. The second kappa shape index (κ2) is 7.77. The van der Waals surface area contributed by atoms with Crippen molar-refractivity contribution in [3.63, 3.8) is 0 Å². The zero-order valence-electron chi connectivity index (χ0n) is 11.0. The summed E-state index contributed by atoms with van der Waals surface area (Å²) in [5.41, 5.74) is 0. The largest absolute Gasteiger partial charge is 0.396 e. The highest BCUT2D eigenvalue weighted by atomic mass is 32.1. The van der Waals surface area contributed by atoms with Gasteiger partial charge in [-0.2, -0.15) is 0 Å². The van der Waals surface area contributed by atoms with Gasteiger partial charge in [0.05, 0.1) is 22.1 Å². The van der Waals surface area contributed by atoms with E-state index in [0.717, 1.165) is 11.3 Å². The number of rotatable bonds is 8. The summed E-state index contributed by atoms with van der Waals surface area (Å²) in [6.45, 7) is 1.06. The summed E-state index contributed by atoms with van der Waals surface area (Å²) >= 11 is 1.10. The van der Waals surface area contributed by atoms with Crippen LogP contribution in [0.5, 0.6) is 0 Å². The van der Waals surface area contributed by atoms with Crippen molar-refractivity contribution >= 4 is 17.1 Å². The number of thiazole rings is 1. The minimum Gasteiger partial charge on any atom is -0.396 e. The fourth-order valence-corrected chi connectivity index (χ4v) is 2.49. The second-order valence-electron chi connectivity index (χ2n) is 4.51. The van der Waals surface area contributed by atoms with Gasteiger partial charge in [0.25, 0.3) is 0 Å². The third kappa shape index (κ3) is 4.58. The molecule has 114 valence electrons.